The number of nitrogens with one attached hydrogen (secondary N) is 1. The molecule has 0 fully saturated rings. The van der Waals surface area contributed by atoms with E-state index in [-0.39, 0.29) is 6.42 Å². The van der Waals surface area contributed by atoms with Gasteiger partial charge in [0.25, 0.3) is 0 Å². The number of rotatable bonds is 9. The summed E-state index contributed by atoms with van der Waals surface area (Å²) in [7, 11) is -0.139. The van der Waals surface area contributed by atoms with Crippen LogP contribution in [-0.4, -0.2) is 23.5 Å². The Bertz CT molecular complexity index is 1100. The Morgan fingerprint density at radius 2 is 1.67 bits per heavy atom. The molecule has 3 rings (SSSR count). The third kappa shape index (κ3) is 6.05. The van der Waals surface area contributed by atoms with Crippen LogP contribution in [0.1, 0.15) is 23.5 Å². The molecule has 3 nitrogen and oxygen atoms in total. The van der Waals surface area contributed by atoms with E-state index < -0.39 is 28.9 Å². The van der Waals surface area contributed by atoms with E-state index in [0.717, 1.165) is 5.56 Å². The van der Waals surface area contributed by atoms with Crippen molar-refractivity contribution in [2.75, 3.05) is 12.4 Å². The highest BCUT2D eigenvalue weighted by atomic mass is 32.2. The third-order valence-electron chi connectivity index (χ3n) is 5.34. The number of halogens is 3. The summed E-state index contributed by atoms with van der Waals surface area (Å²) >= 11 is 0. The molecule has 1 N–H and O–H groups in total. The monoisotopic (exact) mass is 473 g/mol. The summed E-state index contributed by atoms with van der Waals surface area (Å²) < 4.78 is 61.4. The Morgan fingerprint density at radius 1 is 1.03 bits per heavy atom. The van der Waals surface area contributed by atoms with E-state index in [1.165, 1.54) is 13.2 Å². The summed E-state index contributed by atoms with van der Waals surface area (Å²) in [6.45, 7) is 5.59. The number of allylic oxidation sites excluding steroid dienone is 1. The fourth-order valence-electron chi connectivity index (χ4n) is 3.64. The van der Waals surface area contributed by atoms with Crippen molar-refractivity contribution in [1.82, 2.24) is 0 Å². The lowest BCUT2D eigenvalue weighted by Gasteiger charge is -2.31. The molecule has 0 saturated heterocycles. The molecule has 33 heavy (non-hydrogen) atoms. The number of aryl methyl sites for hydroxylation is 1. The Hall–Kier alpha value is -3.06. The quantitative estimate of drug-likeness (QED) is 0.345. The first kappa shape index (κ1) is 24.6. The van der Waals surface area contributed by atoms with Gasteiger partial charge in [0, 0.05) is 21.4 Å². The SMILES string of the molecule is C=CC[C@@H](c1ccccc1S(=O)c1ccc(C)cc1)[C@H](Nc1ccc(OC)cc1)C(F)(F)F. The molecular formula is C26H26F3NO2S. The fourth-order valence-corrected chi connectivity index (χ4v) is 4.92. The Morgan fingerprint density at radius 3 is 2.24 bits per heavy atom. The van der Waals surface area contributed by atoms with Gasteiger partial charge in [0.15, 0.2) is 0 Å². The number of methoxy groups -OCH3 is 1. The Labute approximate surface area is 194 Å². The molecule has 0 radical (unpaired) electrons. The van der Waals surface area contributed by atoms with Crippen molar-refractivity contribution in [1.29, 1.82) is 0 Å². The highest BCUT2D eigenvalue weighted by molar-refractivity contribution is 7.85. The van der Waals surface area contributed by atoms with Crippen LogP contribution in [-0.2, 0) is 10.8 Å². The lowest BCUT2D eigenvalue weighted by Crippen LogP contribution is -2.41. The molecule has 174 valence electrons. The minimum atomic E-state index is -4.56. The molecule has 0 amide bonds. The molecule has 0 spiro atoms. The molecule has 0 aromatic heterocycles. The maximum Gasteiger partial charge on any atom is 0.409 e. The van der Waals surface area contributed by atoms with Crippen LogP contribution in [0.3, 0.4) is 0 Å². The first-order valence-electron chi connectivity index (χ1n) is 10.4. The molecule has 3 aromatic rings. The molecule has 1 unspecified atom stereocenters. The molecule has 0 bridgehead atoms. The van der Waals surface area contributed by atoms with Crippen LogP contribution >= 0.6 is 0 Å². The van der Waals surface area contributed by atoms with Gasteiger partial charge in [0.1, 0.15) is 11.8 Å². The smallest absolute Gasteiger partial charge is 0.409 e. The number of anilines is 1. The zero-order valence-electron chi connectivity index (χ0n) is 18.4. The number of alkyl halides is 3. The number of hydrogen-bond acceptors (Lipinski definition) is 3. The van der Waals surface area contributed by atoms with E-state index in [0.29, 0.717) is 26.8 Å². The Kier molecular flexibility index (Phi) is 7.97. The minimum absolute atomic E-state index is 0.0510. The molecule has 0 heterocycles. The van der Waals surface area contributed by atoms with Gasteiger partial charge in [0.2, 0.25) is 0 Å². The van der Waals surface area contributed by atoms with Crippen molar-refractivity contribution >= 4 is 16.5 Å². The average Bonchev–Trinajstić information content (AvgIpc) is 2.81. The molecule has 0 aliphatic rings. The van der Waals surface area contributed by atoms with Crippen LogP contribution in [0.2, 0.25) is 0 Å². The summed E-state index contributed by atoms with van der Waals surface area (Å²) in [4.78, 5) is 0.899. The molecule has 0 saturated carbocycles. The van der Waals surface area contributed by atoms with Crippen LogP contribution < -0.4 is 10.1 Å². The van der Waals surface area contributed by atoms with E-state index in [1.807, 2.05) is 19.1 Å². The van der Waals surface area contributed by atoms with E-state index >= 15 is 0 Å². The first-order valence-corrected chi connectivity index (χ1v) is 11.5. The van der Waals surface area contributed by atoms with Gasteiger partial charge in [-0.1, -0.05) is 42.0 Å². The summed E-state index contributed by atoms with van der Waals surface area (Å²) in [5, 5.41) is 2.64. The molecule has 3 aromatic carbocycles. The molecular weight excluding hydrogens is 447 g/mol. The Balaban J connectivity index is 2.04. The topological polar surface area (TPSA) is 38.3 Å². The van der Waals surface area contributed by atoms with Crippen molar-refractivity contribution in [2.45, 2.75) is 41.3 Å². The standard InChI is InChI=1S/C26H26F3NO2S/c1-4-7-23(25(26(27,28)29)30-19-12-14-20(32-3)15-13-19)22-8-5-6-9-24(22)33(31)21-16-10-18(2)11-17-21/h4-6,8-17,23,25,30H,1,7H2,2-3H3/t23-,25-,33?/m0/s1. The summed E-state index contributed by atoms with van der Waals surface area (Å²) in [5.74, 6) is -0.485. The maximum atomic E-state index is 14.3. The van der Waals surface area contributed by atoms with Gasteiger partial charge in [-0.25, -0.2) is 4.21 Å². The zero-order valence-corrected chi connectivity index (χ0v) is 19.2. The van der Waals surface area contributed by atoms with Crippen LogP contribution in [0.5, 0.6) is 5.75 Å². The molecule has 3 atom stereocenters. The van der Waals surface area contributed by atoms with Gasteiger partial charge in [0.05, 0.1) is 17.9 Å². The minimum Gasteiger partial charge on any atom is -0.497 e. The van der Waals surface area contributed by atoms with Crippen molar-refractivity contribution < 1.29 is 22.1 Å². The normalized spacial score (nSPS) is 14.2. The van der Waals surface area contributed by atoms with Crippen LogP contribution in [0.25, 0.3) is 0 Å². The van der Waals surface area contributed by atoms with Gasteiger partial charge in [-0.2, -0.15) is 13.2 Å². The number of benzene rings is 3. The van der Waals surface area contributed by atoms with Gasteiger partial charge in [-0.15, -0.1) is 6.58 Å². The molecule has 0 aliphatic heterocycles. The second kappa shape index (κ2) is 10.7. The first-order chi connectivity index (χ1) is 15.7. The van der Waals surface area contributed by atoms with Crippen LogP contribution in [0, 0.1) is 6.92 Å². The number of hydrogen-bond donors (Lipinski definition) is 1. The van der Waals surface area contributed by atoms with Crippen LogP contribution in [0.4, 0.5) is 18.9 Å². The average molecular weight is 474 g/mol. The summed E-state index contributed by atoms with van der Waals surface area (Å²) in [6.07, 6.45) is -3.05. The van der Waals surface area contributed by atoms with Crippen molar-refractivity contribution in [3.8, 4) is 5.75 Å². The fraction of sp³-hybridized carbons (Fsp3) is 0.231. The second-order valence-corrected chi connectivity index (χ2v) is 9.09. The molecule has 0 aliphatic carbocycles. The highest BCUT2D eigenvalue weighted by Crippen LogP contribution is 2.39. The predicted octanol–water partition coefficient (Wildman–Crippen LogP) is 6.87. The molecule has 7 heteroatoms. The highest BCUT2D eigenvalue weighted by Gasteiger charge is 2.45. The predicted molar refractivity (Wildman–Crippen MR) is 126 cm³/mol. The van der Waals surface area contributed by atoms with Gasteiger partial charge in [-0.05, 0) is 61.4 Å². The largest absolute Gasteiger partial charge is 0.497 e. The zero-order chi connectivity index (χ0) is 24.0. The maximum absolute atomic E-state index is 14.3. The second-order valence-electron chi connectivity index (χ2n) is 7.64. The van der Waals surface area contributed by atoms with Crippen molar-refractivity contribution in [3.05, 3.63) is 96.6 Å². The van der Waals surface area contributed by atoms with E-state index in [9.17, 15) is 17.4 Å². The summed E-state index contributed by atoms with van der Waals surface area (Å²) in [5.41, 5.74) is 1.69. The lowest BCUT2D eigenvalue weighted by atomic mass is 9.87. The van der Waals surface area contributed by atoms with Crippen molar-refractivity contribution in [2.24, 2.45) is 0 Å². The van der Waals surface area contributed by atoms with Gasteiger partial charge in [-0.3, -0.25) is 0 Å². The number of ether oxygens (including phenoxy) is 1. The van der Waals surface area contributed by atoms with Crippen LogP contribution in [0.15, 0.2) is 95.2 Å². The van der Waals surface area contributed by atoms with E-state index in [4.69, 9.17) is 4.74 Å². The van der Waals surface area contributed by atoms with E-state index in [1.54, 1.807) is 60.7 Å². The lowest BCUT2D eigenvalue weighted by molar-refractivity contribution is -0.147. The van der Waals surface area contributed by atoms with Gasteiger partial charge >= 0.3 is 6.18 Å². The third-order valence-corrected chi connectivity index (χ3v) is 6.81. The summed E-state index contributed by atoms with van der Waals surface area (Å²) in [6, 6.07) is 18.1. The van der Waals surface area contributed by atoms with Crippen molar-refractivity contribution in [3.63, 3.8) is 0 Å². The van der Waals surface area contributed by atoms with Gasteiger partial charge < -0.3 is 10.1 Å². The van der Waals surface area contributed by atoms with E-state index in [2.05, 4.69) is 11.9 Å².